The normalized spacial score (nSPS) is 10.3. The smallest absolute Gasteiger partial charge is 0.341 e. The van der Waals surface area contributed by atoms with Crippen LogP contribution in [0.25, 0.3) is 0 Å². The molecule has 0 unspecified atom stereocenters. The van der Waals surface area contributed by atoms with Gasteiger partial charge in [0.1, 0.15) is 6.61 Å². The van der Waals surface area contributed by atoms with E-state index in [2.05, 4.69) is 14.9 Å². The molecular formula is C18H16Cl2N2O7. The lowest BCUT2D eigenvalue weighted by molar-refractivity contribution is -0.757. The molecule has 2 aromatic carbocycles. The van der Waals surface area contributed by atoms with Crippen LogP contribution in [0.2, 0.25) is 10.0 Å². The number of para-hydroxylation sites is 2. The van der Waals surface area contributed by atoms with Gasteiger partial charge in [0, 0.05) is 5.69 Å². The van der Waals surface area contributed by atoms with Gasteiger partial charge < -0.3 is 20.0 Å². The van der Waals surface area contributed by atoms with E-state index < -0.39 is 23.6 Å². The average Bonchev–Trinajstić information content (AvgIpc) is 2.64. The minimum absolute atomic E-state index is 0.156. The molecule has 0 fully saturated rings. The van der Waals surface area contributed by atoms with Crippen LogP contribution >= 0.6 is 23.2 Å². The maximum atomic E-state index is 12.0. The first-order chi connectivity index (χ1) is 13.8. The Balaban J connectivity index is 2.34. The highest BCUT2D eigenvalue weighted by Gasteiger charge is 2.16. The Morgan fingerprint density at radius 3 is 2.31 bits per heavy atom. The first-order valence-electron chi connectivity index (χ1n) is 8.24. The predicted molar refractivity (Wildman–Crippen MR) is 105 cm³/mol. The zero-order chi connectivity index (χ0) is 21.4. The van der Waals surface area contributed by atoms with Gasteiger partial charge in [-0.2, -0.15) is 0 Å². The van der Waals surface area contributed by atoms with E-state index in [4.69, 9.17) is 28.3 Å². The Labute approximate surface area is 175 Å². The minimum Gasteiger partial charge on any atom is -0.479 e. The number of esters is 1. The summed E-state index contributed by atoms with van der Waals surface area (Å²) in [5, 5.41) is 21.9. The highest BCUT2D eigenvalue weighted by Crippen LogP contribution is 2.35. The molecule has 9 nitrogen and oxygen atoms in total. The predicted octanol–water partition coefficient (Wildman–Crippen LogP) is 3.66. The Bertz CT molecular complexity index is 901. The molecule has 0 aromatic heterocycles. The second-order valence-corrected chi connectivity index (χ2v) is 6.53. The fourth-order valence-corrected chi connectivity index (χ4v) is 2.98. The number of ether oxygens (including phenoxy) is 1. The van der Waals surface area contributed by atoms with E-state index >= 15 is 0 Å². The van der Waals surface area contributed by atoms with Gasteiger partial charge >= 0.3 is 11.9 Å². The van der Waals surface area contributed by atoms with E-state index in [1.165, 1.54) is 0 Å². The molecular weight excluding hydrogens is 427 g/mol. The molecule has 2 aromatic rings. The number of carboxylic acid groups (broad SMARTS) is 1. The third kappa shape index (κ3) is 6.81. The van der Waals surface area contributed by atoms with Crippen molar-refractivity contribution in [1.82, 2.24) is 0 Å². The van der Waals surface area contributed by atoms with E-state index in [1.54, 1.807) is 36.4 Å². The van der Waals surface area contributed by atoms with Crippen LogP contribution in [0.4, 0.5) is 11.4 Å². The topological polar surface area (TPSA) is 128 Å². The van der Waals surface area contributed by atoms with Crippen molar-refractivity contribution in [3.05, 3.63) is 67.7 Å². The number of nitrogens with one attached hydrogen (secondary N) is 1. The Hall–Kier alpha value is -3.04. The summed E-state index contributed by atoms with van der Waals surface area (Å²) < 4.78 is 4.68. The van der Waals surface area contributed by atoms with Gasteiger partial charge in [-0.05, 0) is 29.7 Å². The first-order valence-corrected chi connectivity index (χ1v) is 9.00. The van der Waals surface area contributed by atoms with Gasteiger partial charge in [0.05, 0.1) is 22.2 Å². The van der Waals surface area contributed by atoms with E-state index in [0.29, 0.717) is 32.5 Å². The quantitative estimate of drug-likeness (QED) is 0.324. The Kier molecular flexibility index (Phi) is 8.05. The van der Waals surface area contributed by atoms with Crippen LogP contribution in [-0.2, 0) is 32.0 Å². The number of anilines is 2. The molecule has 29 heavy (non-hydrogen) atoms. The van der Waals surface area contributed by atoms with Crippen molar-refractivity contribution < 1.29 is 29.4 Å². The summed E-state index contributed by atoms with van der Waals surface area (Å²) in [6.45, 7) is -0.959. The summed E-state index contributed by atoms with van der Waals surface area (Å²) in [4.78, 5) is 37.4. The van der Waals surface area contributed by atoms with Gasteiger partial charge in [-0.3, -0.25) is 4.79 Å². The summed E-state index contributed by atoms with van der Waals surface area (Å²) in [6, 6.07) is 9.89. The summed E-state index contributed by atoms with van der Waals surface area (Å²) in [5.41, 5.74) is 1.90. The molecule has 2 N–H and O–H groups in total. The molecule has 0 aliphatic carbocycles. The zero-order valence-corrected chi connectivity index (χ0v) is 16.4. The van der Waals surface area contributed by atoms with Gasteiger partial charge in [0.2, 0.25) is 0 Å². The molecule has 0 saturated carbocycles. The molecule has 0 radical (unpaired) electrons. The van der Waals surface area contributed by atoms with Gasteiger partial charge in [0.15, 0.2) is 6.61 Å². The number of rotatable bonds is 10. The molecule has 0 atom stereocenters. The lowest BCUT2D eigenvalue weighted by atomic mass is 10.0. The van der Waals surface area contributed by atoms with E-state index in [-0.39, 0.29) is 19.4 Å². The van der Waals surface area contributed by atoms with Crippen molar-refractivity contribution in [3.63, 3.8) is 0 Å². The molecule has 0 saturated heterocycles. The summed E-state index contributed by atoms with van der Waals surface area (Å²) >= 11 is 12.4. The van der Waals surface area contributed by atoms with E-state index in [9.17, 15) is 19.7 Å². The number of benzene rings is 2. The van der Waals surface area contributed by atoms with Gasteiger partial charge in [-0.1, -0.05) is 47.5 Å². The van der Waals surface area contributed by atoms with Crippen molar-refractivity contribution in [2.24, 2.45) is 0 Å². The number of carbonyl (C=O) groups is 2. The van der Waals surface area contributed by atoms with Crippen molar-refractivity contribution in [2.75, 3.05) is 18.5 Å². The number of nitrogens with zero attached hydrogens (tertiary/aromatic N) is 1. The molecule has 0 aliphatic rings. The van der Waals surface area contributed by atoms with Crippen LogP contribution in [0.3, 0.4) is 0 Å². The number of hydrogen-bond acceptors (Lipinski definition) is 7. The van der Waals surface area contributed by atoms with Gasteiger partial charge in [-0.25, -0.2) is 4.79 Å². The van der Waals surface area contributed by atoms with Crippen molar-refractivity contribution >= 4 is 46.5 Å². The van der Waals surface area contributed by atoms with Crippen molar-refractivity contribution in [1.29, 1.82) is 0 Å². The fraction of sp³-hybridized carbons (Fsp3) is 0.222. The van der Waals surface area contributed by atoms with Gasteiger partial charge in [0.25, 0.3) is 5.09 Å². The van der Waals surface area contributed by atoms with Crippen molar-refractivity contribution in [3.8, 4) is 0 Å². The monoisotopic (exact) mass is 442 g/mol. The molecule has 0 amide bonds. The Morgan fingerprint density at radius 2 is 1.69 bits per heavy atom. The lowest BCUT2D eigenvalue weighted by Crippen LogP contribution is -2.16. The lowest BCUT2D eigenvalue weighted by Gasteiger charge is -2.18. The first kappa shape index (κ1) is 22.3. The minimum atomic E-state index is -1.27. The molecule has 154 valence electrons. The van der Waals surface area contributed by atoms with Crippen LogP contribution in [0.5, 0.6) is 0 Å². The second-order valence-electron chi connectivity index (χ2n) is 5.71. The highest BCUT2D eigenvalue weighted by atomic mass is 35.5. The van der Waals surface area contributed by atoms with E-state index in [0.717, 1.165) is 0 Å². The second kappa shape index (κ2) is 10.5. The maximum absolute atomic E-state index is 12.0. The third-order valence-electron chi connectivity index (χ3n) is 3.71. The van der Waals surface area contributed by atoms with Gasteiger partial charge in [-0.15, -0.1) is 10.1 Å². The average molecular weight is 443 g/mol. The number of carboxylic acids is 1. The van der Waals surface area contributed by atoms with Crippen LogP contribution in [-0.4, -0.2) is 35.3 Å². The summed E-state index contributed by atoms with van der Waals surface area (Å²) in [7, 11) is 0. The largest absolute Gasteiger partial charge is 0.479 e. The SMILES string of the molecule is O=C(O)COC(=O)Cc1cccc(CCO[N+](=O)[O-])c1Nc1c(Cl)cccc1Cl. The molecule has 0 bridgehead atoms. The van der Waals surface area contributed by atoms with Crippen LogP contribution in [0.1, 0.15) is 11.1 Å². The summed E-state index contributed by atoms with van der Waals surface area (Å²) in [5.74, 6) is -2.02. The molecule has 11 heteroatoms. The van der Waals surface area contributed by atoms with E-state index in [1.807, 2.05) is 0 Å². The third-order valence-corrected chi connectivity index (χ3v) is 4.34. The molecule has 0 aliphatic heterocycles. The fourth-order valence-electron chi connectivity index (χ4n) is 2.49. The number of aliphatic carboxylic acids is 1. The Morgan fingerprint density at radius 1 is 1.07 bits per heavy atom. The maximum Gasteiger partial charge on any atom is 0.341 e. The van der Waals surface area contributed by atoms with Crippen molar-refractivity contribution in [2.45, 2.75) is 12.8 Å². The molecule has 0 spiro atoms. The highest BCUT2D eigenvalue weighted by molar-refractivity contribution is 6.39. The number of hydrogen-bond donors (Lipinski definition) is 2. The van der Waals surface area contributed by atoms with Crippen LogP contribution in [0, 0.1) is 10.1 Å². The standard InChI is InChI=1S/C18H16Cl2N2O7/c19-13-5-2-6-14(20)18(13)21-17-11(7-8-29-22(26)27)3-1-4-12(17)9-16(25)28-10-15(23)24/h1-6,21H,7-10H2,(H,23,24). The molecule has 2 rings (SSSR count). The summed E-state index contributed by atoms with van der Waals surface area (Å²) in [6.07, 6.45) is -0.0784. The number of halogens is 2. The molecule has 0 heterocycles. The van der Waals surface area contributed by atoms with Crippen LogP contribution in [0.15, 0.2) is 36.4 Å². The number of carbonyl (C=O) groups excluding carboxylic acids is 1. The zero-order valence-electron chi connectivity index (χ0n) is 14.9. The van der Waals surface area contributed by atoms with Crippen LogP contribution < -0.4 is 5.32 Å².